The maximum atomic E-state index is 3.21. The molecule has 0 aromatic carbocycles. The summed E-state index contributed by atoms with van der Waals surface area (Å²) < 4.78 is 0. The summed E-state index contributed by atoms with van der Waals surface area (Å²) in [6.45, 7) is 8.49. The SMILES string of the molecule is CC#CSC#C[Si](C)(C)C. The Bertz CT molecular complexity index is 203. The van der Waals surface area contributed by atoms with Crippen molar-refractivity contribution in [3.05, 3.63) is 0 Å². The van der Waals surface area contributed by atoms with E-state index in [4.69, 9.17) is 0 Å². The fraction of sp³-hybridized carbons (Fsp3) is 0.500. The predicted octanol–water partition coefficient (Wildman–Crippen LogP) is 2.54. The quantitative estimate of drug-likeness (QED) is 0.396. The lowest BCUT2D eigenvalue weighted by Crippen LogP contribution is -2.15. The van der Waals surface area contributed by atoms with Crippen molar-refractivity contribution in [2.45, 2.75) is 26.6 Å². The third kappa shape index (κ3) is 7.69. The minimum atomic E-state index is -1.16. The second kappa shape index (κ2) is 4.49. The van der Waals surface area contributed by atoms with Crippen molar-refractivity contribution in [2.24, 2.45) is 0 Å². The number of thioether (sulfide) groups is 1. The van der Waals surface area contributed by atoms with Gasteiger partial charge in [0.15, 0.2) is 0 Å². The summed E-state index contributed by atoms with van der Waals surface area (Å²) in [5.41, 5.74) is 3.21. The molecule has 0 saturated heterocycles. The van der Waals surface area contributed by atoms with Crippen LogP contribution in [0.15, 0.2) is 0 Å². The molecule has 54 valence electrons. The van der Waals surface area contributed by atoms with Crippen LogP contribution in [-0.4, -0.2) is 8.07 Å². The van der Waals surface area contributed by atoms with E-state index in [1.165, 1.54) is 11.8 Å². The molecule has 0 atom stereocenters. The summed E-state index contributed by atoms with van der Waals surface area (Å²) in [5, 5.41) is 5.82. The van der Waals surface area contributed by atoms with Crippen LogP contribution in [0.4, 0.5) is 0 Å². The molecule has 0 aliphatic carbocycles. The summed E-state index contributed by atoms with van der Waals surface area (Å²) in [4.78, 5) is 0. The van der Waals surface area contributed by atoms with Crippen molar-refractivity contribution in [2.75, 3.05) is 0 Å². The topological polar surface area (TPSA) is 0 Å². The lowest BCUT2D eigenvalue weighted by atomic mass is 10.9. The molecule has 0 rings (SSSR count). The standard InChI is InChI=1S/C8H12SSi/c1-5-6-9-7-8-10(2,3)4/h1-4H3. The second-order valence-electron chi connectivity index (χ2n) is 2.93. The van der Waals surface area contributed by atoms with Crippen LogP contribution in [0.1, 0.15) is 6.92 Å². The molecule has 0 spiro atoms. The first-order chi connectivity index (χ1) is 4.56. The van der Waals surface area contributed by atoms with E-state index >= 15 is 0 Å². The van der Waals surface area contributed by atoms with Gasteiger partial charge in [0, 0.05) is 11.8 Å². The number of rotatable bonds is 0. The Morgan fingerprint density at radius 1 is 1.10 bits per heavy atom. The normalized spacial score (nSPS) is 8.80. The maximum absolute atomic E-state index is 3.21. The predicted molar refractivity (Wildman–Crippen MR) is 52.2 cm³/mol. The minimum absolute atomic E-state index is 1.16. The van der Waals surface area contributed by atoms with Gasteiger partial charge in [0.2, 0.25) is 0 Å². The van der Waals surface area contributed by atoms with Crippen LogP contribution in [0, 0.1) is 22.0 Å². The highest BCUT2D eigenvalue weighted by atomic mass is 32.2. The average Bonchev–Trinajstić information content (AvgIpc) is 1.78. The molecule has 0 heterocycles. The average molecular weight is 168 g/mol. The van der Waals surface area contributed by atoms with E-state index in [-0.39, 0.29) is 0 Å². The van der Waals surface area contributed by atoms with Crippen molar-refractivity contribution >= 4 is 19.8 Å². The van der Waals surface area contributed by atoms with Crippen molar-refractivity contribution in [3.63, 3.8) is 0 Å². The second-order valence-corrected chi connectivity index (χ2v) is 8.29. The van der Waals surface area contributed by atoms with Gasteiger partial charge in [0.1, 0.15) is 8.07 Å². The molecular formula is C8H12SSi. The van der Waals surface area contributed by atoms with Gasteiger partial charge >= 0.3 is 0 Å². The molecule has 0 unspecified atom stereocenters. The van der Waals surface area contributed by atoms with Crippen LogP contribution in [0.2, 0.25) is 19.6 Å². The van der Waals surface area contributed by atoms with E-state index in [1.54, 1.807) is 0 Å². The molecule has 0 aliphatic rings. The van der Waals surface area contributed by atoms with Gasteiger partial charge in [-0.1, -0.05) is 25.6 Å². The fourth-order valence-electron chi connectivity index (χ4n) is 0.255. The van der Waals surface area contributed by atoms with Gasteiger partial charge in [-0.05, 0) is 17.4 Å². The van der Waals surface area contributed by atoms with E-state index in [0.29, 0.717) is 0 Å². The summed E-state index contributed by atoms with van der Waals surface area (Å²) in [6, 6.07) is 0. The highest BCUT2D eigenvalue weighted by Gasteiger charge is 2.06. The summed E-state index contributed by atoms with van der Waals surface area (Å²) >= 11 is 1.39. The van der Waals surface area contributed by atoms with Crippen molar-refractivity contribution in [1.29, 1.82) is 0 Å². The number of hydrogen-bond acceptors (Lipinski definition) is 1. The lowest BCUT2D eigenvalue weighted by molar-refractivity contribution is 1.82. The van der Waals surface area contributed by atoms with E-state index in [1.807, 2.05) is 6.92 Å². The Labute approximate surface area is 68.8 Å². The van der Waals surface area contributed by atoms with Gasteiger partial charge in [0.25, 0.3) is 0 Å². The molecule has 0 saturated carbocycles. The van der Waals surface area contributed by atoms with Crippen LogP contribution in [-0.2, 0) is 0 Å². The zero-order valence-electron chi connectivity index (χ0n) is 6.91. The molecule has 0 nitrogen and oxygen atoms in total. The molecule has 0 radical (unpaired) electrons. The highest BCUT2D eigenvalue weighted by molar-refractivity contribution is 8.08. The molecule has 2 heteroatoms. The van der Waals surface area contributed by atoms with Crippen molar-refractivity contribution in [3.8, 4) is 22.0 Å². The summed E-state index contributed by atoms with van der Waals surface area (Å²) in [6.07, 6.45) is 0. The molecule has 0 N–H and O–H groups in total. The summed E-state index contributed by atoms with van der Waals surface area (Å²) in [7, 11) is -1.16. The van der Waals surface area contributed by atoms with Gasteiger partial charge < -0.3 is 0 Å². The summed E-state index contributed by atoms with van der Waals surface area (Å²) in [5.74, 6) is 2.78. The van der Waals surface area contributed by atoms with E-state index in [9.17, 15) is 0 Å². The molecule has 0 bridgehead atoms. The Hall–Kier alpha value is -0.313. The molecule has 0 aromatic heterocycles. The molecule has 10 heavy (non-hydrogen) atoms. The first kappa shape index (κ1) is 9.69. The molecule has 0 fully saturated rings. The van der Waals surface area contributed by atoms with Crippen LogP contribution < -0.4 is 0 Å². The van der Waals surface area contributed by atoms with Crippen LogP contribution in [0.5, 0.6) is 0 Å². The first-order valence-corrected chi connectivity index (χ1v) is 7.47. The third-order valence-electron chi connectivity index (χ3n) is 0.630. The molecule has 0 aromatic rings. The molecule has 0 amide bonds. The zero-order valence-corrected chi connectivity index (χ0v) is 8.72. The third-order valence-corrected chi connectivity index (χ3v) is 2.20. The van der Waals surface area contributed by atoms with E-state index in [2.05, 4.69) is 41.6 Å². The van der Waals surface area contributed by atoms with Crippen molar-refractivity contribution < 1.29 is 0 Å². The van der Waals surface area contributed by atoms with E-state index in [0.717, 1.165) is 0 Å². The fourth-order valence-corrected chi connectivity index (χ4v) is 1.84. The minimum Gasteiger partial charge on any atom is -0.119 e. The number of hydrogen-bond donors (Lipinski definition) is 0. The van der Waals surface area contributed by atoms with Crippen LogP contribution >= 0.6 is 11.8 Å². The van der Waals surface area contributed by atoms with Crippen LogP contribution in [0.3, 0.4) is 0 Å². The molecule has 0 aliphatic heterocycles. The maximum Gasteiger partial charge on any atom is 0.130 e. The Morgan fingerprint density at radius 2 is 1.70 bits per heavy atom. The van der Waals surface area contributed by atoms with Gasteiger partial charge in [-0.15, -0.1) is 5.54 Å². The largest absolute Gasteiger partial charge is 0.130 e. The van der Waals surface area contributed by atoms with Gasteiger partial charge in [-0.3, -0.25) is 0 Å². The Morgan fingerprint density at radius 3 is 2.10 bits per heavy atom. The first-order valence-electron chi connectivity index (χ1n) is 3.16. The Kier molecular flexibility index (Phi) is 4.35. The van der Waals surface area contributed by atoms with Gasteiger partial charge in [-0.25, -0.2) is 0 Å². The van der Waals surface area contributed by atoms with E-state index < -0.39 is 8.07 Å². The van der Waals surface area contributed by atoms with Gasteiger partial charge in [-0.2, -0.15) is 0 Å². The zero-order chi connectivity index (χ0) is 8.04. The van der Waals surface area contributed by atoms with Crippen LogP contribution in [0.25, 0.3) is 0 Å². The lowest BCUT2D eigenvalue weighted by Gasteiger charge is -2.01. The van der Waals surface area contributed by atoms with Crippen molar-refractivity contribution in [1.82, 2.24) is 0 Å². The molecular weight excluding hydrogens is 156 g/mol. The highest BCUT2D eigenvalue weighted by Crippen LogP contribution is 1.99. The smallest absolute Gasteiger partial charge is 0.119 e. The Balaban J connectivity index is 3.78. The monoisotopic (exact) mass is 168 g/mol. The van der Waals surface area contributed by atoms with Gasteiger partial charge in [0.05, 0.1) is 0 Å².